The van der Waals surface area contributed by atoms with Crippen molar-refractivity contribution in [1.82, 2.24) is 0 Å². The molecule has 0 unspecified atom stereocenters. The van der Waals surface area contributed by atoms with E-state index in [2.05, 4.69) is 0 Å². The number of halogens is 4. The van der Waals surface area contributed by atoms with Gasteiger partial charge in [-0.2, -0.15) is 21.6 Å². The van der Waals surface area contributed by atoms with E-state index < -0.39 is 21.4 Å². The molecular formula is C2F4O3S. The zero-order chi connectivity index (χ0) is 8.36. The van der Waals surface area contributed by atoms with E-state index in [1.807, 2.05) is 4.39 Å². The fraction of sp³-hybridized carbons (Fsp3) is 0. The van der Waals surface area contributed by atoms with Gasteiger partial charge in [0.15, 0.2) is 0 Å². The predicted octanol–water partition coefficient (Wildman–Crippen LogP) is 1.25. The van der Waals surface area contributed by atoms with Crippen molar-refractivity contribution in [1.29, 1.82) is 0 Å². The van der Waals surface area contributed by atoms with Crippen LogP contribution in [0.4, 0.5) is 17.7 Å². The predicted molar refractivity (Wildman–Crippen MR) is 21.5 cm³/mol. The molecule has 0 spiro atoms. The average Bonchev–Trinajstić information content (AvgIpc) is 1.86. The van der Waals surface area contributed by atoms with Crippen LogP contribution in [-0.2, 0) is 14.5 Å². The molecule has 0 saturated carbocycles. The molecule has 0 rings (SSSR count). The molecule has 0 aromatic rings. The Kier molecular flexibility index (Phi) is 2.78. The highest BCUT2D eigenvalue weighted by Crippen LogP contribution is 2.17. The van der Waals surface area contributed by atoms with Crippen molar-refractivity contribution in [2.24, 2.45) is 0 Å². The zero-order valence-corrected chi connectivity index (χ0v) is 4.96. The van der Waals surface area contributed by atoms with Crippen molar-refractivity contribution < 1.29 is 30.5 Å². The normalized spacial score (nSPS) is 11.2. The Balaban J connectivity index is 4.87. The molecule has 0 aromatic carbocycles. The summed E-state index contributed by atoms with van der Waals surface area (Å²) in [7, 11) is -5.50. The SMILES string of the molecule is O=S(=O)(OF)C(F)=C(F)F. The average molecular weight is 180 g/mol. The van der Waals surface area contributed by atoms with Gasteiger partial charge in [0, 0.05) is 0 Å². The van der Waals surface area contributed by atoms with Crippen molar-refractivity contribution >= 4 is 10.1 Å². The van der Waals surface area contributed by atoms with Crippen LogP contribution in [-0.4, -0.2) is 8.42 Å². The first-order chi connectivity index (χ1) is 4.41. The van der Waals surface area contributed by atoms with Gasteiger partial charge in [-0.25, -0.2) is 0 Å². The Bertz CT molecular complexity index is 237. The molecule has 0 aliphatic carbocycles. The summed E-state index contributed by atoms with van der Waals surface area (Å²) >= 11 is 0. The van der Waals surface area contributed by atoms with Gasteiger partial charge in [0.25, 0.3) is 0 Å². The molecule has 0 bridgehead atoms. The Hall–Kier alpha value is -0.630. The first-order valence-corrected chi connectivity index (χ1v) is 3.08. The molecule has 60 valence electrons. The molecule has 3 nitrogen and oxygen atoms in total. The third-order valence-electron chi connectivity index (χ3n) is 0.451. The number of hydrogen-bond donors (Lipinski definition) is 0. The molecule has 8 heteroatoms. The first kappa shape index (κ1) is 9.37. The largest absolute Gasteiger partial charge is 0.359 e. The number of rotatable bonds is 2. The maximum absolute atomic E-state index is 11.5. The van der Waals surface area contributed by atoms with E-state index in [1.54, 1.807) is 0 Å². The van der Waals surface area contributed by atoms with Gasteiger partial charge < -0.3 is 0 Å². The van der Waals surface area contributed by atoms with Crippen molar-refractivity contribution in [3.63, 3.8) is 0 Å². The lowest BCUT2D eigenvalue weighted by atomic mass is 11.1. The standard InChI is InChI=1S/C2F4O3S/c3-1(4)2(5)10(7,8)9-6. The summed E-state index contributed by atoms with van der Waals surface area (Å²) in [5.41, 5.74) is 0. The fourth-order valence-corrected chi connectivity index (χ4v) is 0.366. The van der Waals surface area contributed by atoms with Gasteiger partial charge in [0.1, 0.15) is 0 Å². The van der Waals surface area contributed by atoms with Crippen LogP contribution in [0.2, 0.25) is 0 Å². The van der Waals surface area contributed by atoms with Gasteiger partial charge in [-0.1, -0.05) is 4.39 Å². The summed E-state index contributed by atoms with van der Waals surface area (Å²) in [4.78, 5) is 0. The Morgan fingerprint density at radius 3 is 1.70 bits per heavy atom. The van der Waals surface area contributed by atoms with E-state index in [4.69, 9.17) is 0 Å². The highest BCUT2D eigenvalue weighted by Gasteiger charge is 2.25. The van der Waals surface area contributed by atoms with Gasteiger partial charge in [-0.05, 0) is 4.53 Å². The van der Waals surface area contributed by atoms with Gasteiger partial charge in [0.2, 0.25) is 0 Å². The minimum absolute atomic E-state index is 1.92. The molecule has 0 fully saturated rings. The molecule has 0 heterocycles. The van der Waals surface area contributed by atoms with Gasteiger partial charge in [-0.15, -0.1) is 0 Å². The van der Waals surface area contributed by atoms with E-state index in [0.717, 1.165) is 0 Å². The third-order valence-corrected chi connectivity index (χ3v) is 1.21. The van der Waals surface area contributed by atoms with Crippen LogP contribution < -0.4 is 0 Å². The van der Waals surface area contributed by atoms with E-state index in [1.165, 1.54) is 0 Å². The van der Waals surface area contributed by atoms with Crippen LogP contribution in [0.5, 0.6) is 0 Å². The van der Waals surface area contributed by atoms with Crippen LogP contribution in [0.15, 0.2) is 11.2 Å². The summed E-state index contributed by atoms with van der Waals surface area (Å²) in [5.74, 6) is 0. The van der Waals surface area contributed by atoms with E-state index in [9.17, 15) is 26.1 Å². The molecular weight excluding hydrogens is 180 g/mol. The van der Waals surface area contributed by atoms with Crippen molar-refractivity contribution in [2.45, 2.75) is 0 Å². The first-order valence-electron chi connectivity index (χ1n) is 1.68. The van der Waals surface area contributed by atoms with Crippen LogP contribution in [0, 0.1) is 0 Å². The highest BCUT2D eigenvalue weighted by atomic mass is 32.2. The summed E-state index contributed by atoms with van der Waals surface area (Å²) in [6, 6.07) is 0. The molecule has 0 aromatic heterocycles. The fourth-order valence-electron chi connectivity index (χ4n) is 0.122. The van der Waals surface area contributed by atoms with Crippen LogP contribution in [0.3, 0.4) is 0 Å². The topological polar surface area (TPSA) is 43.4 Å². The van der Waals surface area contributed by atoms with E-state index in [-0.39, 0.29) is 0 Å². The molecule has 0 N–H and O–H groups in total. The summed E-state index contributed by atoms with van der Waals surface area (Å²) in [6.45, 7) is 0. The molecule has 0 radical (unpaired) electrons. The molecule has 0 aliphatic heterocycles. The third kappa shape index (κ3) is 1.95. The number of hydrogen-bond acceptors (Lipinski definition) is 3. The zero-order valence-electron chi connectivity index (χ0n) is 4.14. The Morgan fingerprint density at radius 2 is 1.60 bits per heavy atom. The van der Waals surface area contributed by atoms with E-state index >= 15 is 0 Å². The van der Waals surface area contributed by atoms with Gasteiger partial charge >= 0.3 is 21.4 Å². The Morgan fingerprint density at radius 1 is 1.20 bits per heavy atom. The lowest BCUT2D eigenvalue weighted by Crippen LogP contribution is -2.00. The minimum atomic E-state index is -5.50. The summed E-state index contributed by atoms with van der Waals surface area (Å²) in [5, 5.41) is -2.92. The lowest BCUT2D eigenvalue weighted by molar-refractivity contribution is 0.00307. The highest BCUT2D eigenvalue weighted by molar-refractivity contribution is 7.90. The second-order valence-corrected chi connectivity index (χ2v) is 2.44. The lowest BCUT2D eigenvalue weighted by Gasteiger charge is -1.89. The van der Waals surface area contributed by atoms with Gasteiger partial charge in [0.05, 0.1) is 0 Å². The molecule has 0 atom stereocenters. The summed E-state index contributed by atoms with van der Waals surface area (Å²) in [6.07, 6.45) is -3.15. The second kappa shape index (κ2) is 2.97. The second-order valence-electron chi connectivity index (χ2n) is 1.05. The van der Waals surface area contributed by atoms with Crippen LogP contribution >= 0.6 is 0 Å². The van der Waals surface area contributed by atoms with Crippen LogP contribution in [0.1, 0.15) is 0 Å². The van der Waals surface area contributed by atoms with Crippen molar-refractivity contribution in [2.75, 3.05) is 0 Å². The molecule has 10 heavy (non-hydrogen) atoms. The van der Waals surface area contributed by atoms with Crippen molar-refractivity contribution in [3.05, 3.63) is 11.2 Å². The summed E-state index contributed by atoms with van der Waals surface area (Å²) < 4.78 is 65.3. The van der Waals surface area contributed by atoms with E-state index in [0.29, 0.717) is 0 Å². The minimum Gasteiger partial charge on any atom is -0.189 e. The van der Waals surface area contributed by atoms with Crippen molar-refractivity contribution in [3.8, 4) is 0 Å². The molecule has 0 amide bonds. The quantitative estimate of drug-likeness (QED) is 0.600. The smallest absolute Gasteiger partial charge is 0.189 e. The Labute approximate surface area is 52.9 Å². The molecule has 0 saturated heterocycles. The molecule has 0 aliphatic rings. The maximum atomic E-state index is 11.5. The van der Waals surface area contributed by atoms with Gasteiger partial charge in [-0.3, -0.25) is 0 Å². The van der Waals surface area contributed by atoms with Crippen LogP contribution in [0.25, 0.3) is 0 Å². The monoisotopic (exact) mass is 180 g/mol. The maximum Gasteiger partial charge on any atom is 0.359 e.